The number of amides is 1. The van der Waals surface area contributed by atoms with E-state index >= 15 is 0 Å². The van der Waals surface area contributed by atoms with E-state index < -0.39 is 15.7 Å². The highest BCUT2D eigenvalue weighted by Gasteiger charge is 2.17. The van der Waals surface area contributed by atoms with Crippen LogP contribution in [-0.2, 0) is 21.2 Å². The maximum atomic E-state index is 12.2. The molecule has 2 aromatic carbocycles. The van der Waals surface area contributed by atoms with Crippen LogP contribution in [0.4, 0.5) is 5.13 Å². The Morgan fingerprint density at radius 2 is 1.79 bits per heavy atom. The fourth-order valence-electron chi connectivity index (χ4n) is 2.19. The zero-order valence-electron chi connectivity index (χ0n) is 14.5. The van der Waals surface area contributed by atoms with Gasteiger partial charge in [0.15, 0.2) is 14.8 Å². The van der Waals surface area contributed by atoms with Crippen molar-refractivity contribution in [3.05, 3.63) is 64.6 Å². The molecule has 0 radical (unpaired) electrons. The van der Waals surface area contributed by atoms with Gasteiger partial charge in [0.05, 0.1) is 10.6 Å². The number of benzene rings is 2. The molecule has 0 fully saturated rings. The summed E-state index contributed by atoms with van der Waals surface area (Å²) in [6, 6.07) is 14.9. The van der Waals surface area contributed by atoms with Gasteiger partial charge in [0.2, 0.25) is 11.0 Å². The molecule has 1 amide bonds. The molecule has 0 atom stereocenters. The summed E-state index contributed by atoms with van der Waals surface area (Å²) in [7, 11) is -3.51. The van der Waals surface area contributed by atoms with Crippen LogP contribution in [0.15, 0.2) is 59.5 Å². The van der Waals surface area contributed by atoms with Crippen LogP contribution in [0.5, 0.6) is 5.75 Å². The number of carbonyl (C=O) groups excluding carboxylic acids is 1. The van der Waals surface area contributed by atoms with Gasteiger partial charge in [0.1, 0.15) is 12.4 Å². The lowest BCUT2D eigenvalue weighted by Crippen LogP contribution is -2.17. The van der Waals surface area contributed by atoms with Gasteiger partial charge in [0, 0.05) is 11.4 Å². The number of anilines is 1. The molecular weight excluding hydrogens is 422 g/mol. The first kappa shape index (κ1) is 20.2. The van der Waals surface area contributed by atoms with Gasteiger partial charge < -0.3 is 10.1 Å². The predicted molar refractivity (Wildman–Crippen MR) is 107 cm³/mol. The largest absolute Gasteiger partial charge is 0.486 e. The van der Waals surface area contributed by atoms with E-state index in [1.165, 1.54) is 12.1 Å². The summed E-state index contributed by atoms with van der Waals surface area (Å²) in [4.78, 5) is 12.2. The predicted octanol–water partition coefficient (Wildman–Crippen LogP) is 3.57. The van der Waals surface area contributed by atoms with Crippen LogP contribution in [-0.4, -0.2) is 30.3 Å². The Morgan fingerprint density at radius 1 is 1.07 bits per heavy atom. The average molecular weight is 438 g/mol. The SMILES string of the molecule is O=C(CCS(=O)(=O)c1ccccc1)Nc1nnc(COc2ccc(Cl)cc2)s1. The Balaban J connectivity index is 1.49. The first-order valence-corrected chi connectivity index (χ1v) is 11.1. The molecule has 3 rings (SSSR count). The van der Waals surface area contributed by atoms with E-state index in [2.05, 4.69) is 15.5 Å². The van der Waals surface area contributed by atoms with E-state index in [0.29, 0.717) is 15.8 Å². The molecule has 0 aliphatic carbocycles. The summed E-state index contributed by atoms with van der Waals surface area (Å²) < 4.78 is 30.0. The van der Waals surface area contributed by atoms with Crippen LogP contribution < -0.4 is 10.1 Å². The number of sulfone groups is 1. The van der Waals surface area contributed by atoms with Crippen LogP contribution in [0, 0.1) is 0 Å². The zero-order chi connectivity index (χ0) is 20.0. The second kappa shape index (κ2) is 9.13. The highest BCUT2D eigenvalue weighted by molar-refractivity contribution is 7.91. The highest BCUT2D eigenvalue weighted by atomic mass is 35.5. The number of hydrogen-bond acceptors (Lipinski definition) is 7. The van der Waals surface area contributed by atoms with Crippen LogP contribution in [0.3, 0.4) is 0 Å². The molecule has 1 heterocycles. The first-order chi connectivity index (χ1) is 13.4. The molecule has 10 heteroatoms. The minimum absolute atomic E-state index is 0.173. The minimum Gasteiger partial charge on any atom is -0.486 e. The van der Waals surface area contributed by atoms with E-state index in [0.717, 1.165) is 11.3 Å². The second-order valence-electron chi connectivity index (χ2n) is 5.67. The van der Waals surface area contributed by atoms with Gasteiger partial charge in [-0.25, -0.2) is 8.42 Å². The van der Waals surface area contributed by atoms with Crippen molar-refractivity contribution < 1.29 is 17.9 Å². The van der Waals surface area contributed by atoms with E-state index in [4.69, 9.17) is 16.3 Å². The normalized spacial score (nSPS) is 11.2. The summed E-state index contributed by atoms with van der Waals surface area (Å²) in [5.74, 6) is -0.0918. The third kappa shape index (κ3) is 5.75. The van der Waals surface area contributed by atoms with Gasteiger partial charge in [-0.05, 0) is 36.4 Å². The number of rotatable bonds is 8. The molecule has 3 aromatic rings. The monoisotopic (exact) mass is 437 g/mol. The number of halogens is 1. The molecule has 0 saturated carbocycles. The number of nitrogens with one attached hydrogen (secondary N) is 1. The lowest BCUT2D eigenvalue weighted by molar-refractivity contribution is -0.115. The maximum absolute atomic E-state index is 12.2. The van der Waals surface area contributed by atoms with Crippen LogP contribution in [0.1, 0.15) is 11.4 Å². The zero-order valence-corrected chi connectivity index (χ0v) is 16.9. The molecule has 0 unspecified atom stereocenters. The van der Waals surface area contributed by atoms with Gasteiger partial charge in [-0.15, -0.1) is 10.2 Å². The standard InChI is InChI=1S/C18H16ClN3O4S2/c19-13-6-8-14(9-7-13)26-12-17-21-22-18(27-17)20-16(23)10-11-28(24,25)15-4-2-1-3-5-15/h1-9H,10-12H2,(H,20,22,23). The van der Waals surface area contributed by atoms with Gasteiger partial charge in [-0.3, -0.25) is 4.79 Å². The van der Waals surface area contributed by atoms with E-state index in [1.54, 1.807) is 42.5 Å². The molecule has 0 bridgehead atoms. The maximum Gasteiger partial charge on any atom is 0.227 e. The summed E-state index contributed by atoms with van der Waals surface area (Å²) in [5.41, 5.74) is 0. The van der Waals surface area contributed by atoms with E-state index in [9.17, 15) is 13.2 Å². The van der Waals surface area contributed by atoms with Crippen LogP contribution in [0.2, 0.25) is 5.02 Å². The second-order valence-corrected chi connectivity index (χ2v) is 9.28. The van der Waals surface area contributed by atoms with Crippen molar-refractivity contribution in [3.63, 3.8) is 0 Å². The minimum atomic E-state index is -3.51. The van der Waals surface area contributed by atoms with Gasteiger partial charge in [-0.1, -0.05) is 41.1 Å². The number of hydrogen-bond donors (Lipinski definition) is 1. The van der Waals surface area contributed by atoms with Gasteiger partial charge in [-0.2, -0.15) is 0 Å². The summed E-state index contributed by atoms with van der Waals surface area (Å²) in [5, 5.41) is 11.8. The average Bonchev–Trinajstić information content (AvgIpc) is 3.14. The molecule has 0 aliphatic heterocycles. The van der Waals surface area contributed by atoms with Crippen molar-refractivity contribution in [1.29, 1.82) is 0 Å². The molecular formula is C18H16ClN3O4S2. The van der Waals surface area contributed by atoms with Crippen molar-refractivity contribution in [2.75, 3.05) is 11.1 Å². The molecule has 0 spiro atoms. The van der Waals surface area contributed by atoms with Crippen molar-refractivity contribution in [3.8, 4) is 5.75 Å². The lowest BCUT2D eigenvalue weighted by Gasteiger charge is -2.04. The molecule has 7 nitrogen and oxygen atoms in total. The fourth-order valence-corrected chi connectivity index (χ4v) is 4.25. The van der Waals surface area contributed by atoms with Crippen molar-refractivity contribution >= 4 is 43.8 Å². The highest BCUT2D eigenvalue weighted by Crippen LogP contribution is 2.20. The van der Waals surface area contributed by atoms with Crippen molar-refractivity contribution in [2.24, 2.45) is 0 Å². The Labute approximate surface area is 171 Å². The lowest BCUT2D eigenvalue weighted by atomic mass is 10.3. The molecule has 146 valence electrons. The third-order valence-electron chi connectivity index (χ3n) is 3.59. The molecule has 0 saturated heterocycles. The van der Waals surface area contributed by atoms with Crippen LogP contribution >= 0.6 is 22.9 Å². The Bertz CT molecular complexity index is 1040. The van der Waals surface area contributed by atoms with Gasteiger partial charge in [0.25, 0.3) is 0 Å². The summed E-state index contributed by atoms with van der Waals surface area (Å²) in [6.45, 7) is 0.192. The quantitative estimate of drug-likeness (QED) is 0.578. The van der Waals surface area contributed by atoms with Crippen LogP contribution in [0.25, 0.3) is 0 Å². The van der Waals surface area contributed by atoms with E-state index in [-0.39, 0.29) is 28.8 Å². The Morgan fingerprint density at radius 3 is 2.50 bits per heavy atom. The van der Waals surface area contributed by atoms with Gasteiger partial charge >= 0.3 is 0 Å². The smallest absolute Gasteiger partial charge is 0.227 e. The van der Waals surface area contributed by atoms with E-state index in [1.807, 2.05) is 0 Å². The Kier molecular flexibility index (Phi) is 6.61. The molecule has 1 N–H and O–H groups in total. The number of nitrogens with zero attached hydrogens (tertiary/aromatic N) is 2. The Hall–Kier alpha value is -2.49. The fraction of sp³-hybridized carbons (Fsp3) is 0.167. The summed E-state index contributed by atoms with van der Waals surface area (Å²) in [6.07, 6.45) is -0.173. The molecule has 0 aliphatic rings. The molecule has 28 heavy (non-hydrogen) atoms. The van der Waals surface area contributed by atoms with Crippen molar-refractivity contribution in [2.45, 2.75) is 17.9 Å². The van der Waals surface area contributed by atoms with Crippen molar-refractivity contribution in [1.82, 2.24) is 10.2 Å². The third-order valence-corrected chi connectivity index (χ3v) is 6.39. The number of ether oxygens (including phenoxy) is 1. The first-order valence-electron chi connectivity index (χ1n) is 8.21. The number of aromatic nitrogens is 2. The molecule has 1 aromatic heterocycles. The summed E-state index contributed by atoms with van der Waals surface area (Å²) >= 11 is 6.97. The number of carbonyl (C=O) groups is 1. The topological polar surface area (TPSA) is 98.2 Å².